The summed E-state index contributed by atoms with van der Waals surface area (Å²) in [5.74, 6) is 1.72. The lowest BCUT2D eigenvalue weighted by molar-refractivity contribution is 0.347. The highest BCUT2D eigenvalue weighted by Gasteiger charge is 2.20. The summed E-state index contributed by atoms with van der Waals surface area (Å²) in [5, 5.41) is 6.77. The average Bonchev–Trinajstić information content (AvgIpc) is 2.50. The quantitative estimate of drug-likeness (QED) is 0.248. The van der Waals surface area contributed by atoms with Gasteiger partial charge in [-0.15, -0.1) is 24.0 Å². The molecule has 0 bridgehead atoms. The zero-order valence-corrected chi connectivity index (χ0v) is 20.2. The van der Waals surface area contributed by atoms with Crippen molar-refractivity contribution in [2.45, 2.75) is 66.2 Å². The Balaban J connectivity index is 0. The van der Waals surface area contributed by atoms with E-state index in [-0.39, 0.29) is 35.1 Å². The lowest BCUT2D eigenvalue weighted by Crippen LogP contribution is -2.44. The largest absolute Gasteiger partial charge is 0.356 e. The van der Waals surface area contributed by atoms with Crippen LogP contribution in [0, 0.1) is 11.3 Å². The van der Waals surface area contributed by atoms with Crippen molar-refractivity contribution >= 4 is 39.8 Å². The predicted molar refractivity (Wildman–Crippen MR) is 121 cm³/mol. The first-order valence-corrected chi connectivity index (χ1v) is 11.3. The van der Waals surface area contributed by atoms with Crippen molar-refractivity contribution in [2.24, 2.45) is 16.3 Å². The van der Waals surface area contributed by atoms with Crippen molar-refractivity contribution in [3.05, 3.63) is 0 Å². The molecule has 0 radical (unpaired) electrons. The van der Waals surface area contributed by atoms with E-state index in [0.29, 0.717) is 18.9 Å². The van der Waals surface area contributed by atoms with Crippen LogP contribution >= 0.6 is 24.0 Å². The van der Waals surface area contributed by atoms with Crippen molar-refractivity contribution in [1.82, 2.24) is 10.6 Å². The van der Waals surface area contributed by atoms with Gasteiger partial charge >= 0.3 is 0 Å². The van der Waals surface area contributed by atoms with Gasteiger partial charge in [-0.1, -0.05) is 47.0 Å². The summed E-state index contributed by atoms with van der Waals surface area (Å²) < 4.78 is 22.7. The molecule has 2 N–H and O–H groups in total. The molecule has 0 heterocycles. The van der Waals surface area contributed by atoms with E-state index < -0.39 is 9.84 Å². The number of hydrogen-bond donors (Lipinski definition) is 2. The number of aliphatic imine (C=N–C) groups is 1. The third-order valence-corrected chi connectivity index (χ3v) is 5.27. The number of unbranched alkanes of at least 4 members (excludes halogenated alkanes) is 1. The van der Waals surface area contributed by atoms with Crippen molar-refractivity contribution in [1.29, 1.82) is 0 Å². The van der Waals surface area contributed by atoms with Gasteiger partial charge in [-0.05, 0) is 30.6 Å². The van der Waals surface area contributed by atoms with Crippen LogP contribution < -0.4 is 10.6 Å². The minimum Gasteiger partial charge on any atom is -0.356 e. The van der Waals surface area contributed by atoms with Gasteiger partial charge in [0, 0.05) is 26.4 Å². The van der Waals surface area contributed by atoms with Crippen LogP contribution in [0.3, 0.4) is 0 Å². The third kappa shape index (κ3) is 15.9. The van der Waals surface area contributed by atoms with Crippen LogP contribution in [0.5, 0.6) is 0 Å². The second kappa shape index (κ2) is 14.1. The van der Waals surface area contributed by atoms with Crippen LogP contribution in [0.15, 0.2) is 4.99 Å². The Bertz CT molecular complexity index is 465. The third-order valence-electron chi connectivity index (χ3n) is 4.33. The maximum Gasteiger partial charge on any atom is 0.191 e. The summed E-state index contributed by atoms with van der Waals surface area (Å²) in [5.41, 5.74) is -0.0915. The van der Waals surface area contributed by atoms with E-state index in [0.717, 1.165) is 12.5 Å². The molecular weight excluding hydrogens is 449 g/mol. The van der Waals surface area contributed by atoms with Crippen molar-refractivity contribution in [3.63, 3.8) is 0 Å². The van der Waals surface area contributed by atoms with Gasteiger partial charge in [-0.25, -0.2) is 8.42 Å². The Kier molecular flexibility index (Phi) is 15.3. The van der Waals surface area contributed by atoms with Gasteiger partial charge in [0.2, 0.25) is 0 Å². The van der Waals surface area contributed by atoms with E-state index in [1.807, 2.05) is 0 Å². The molecule has 0 fully saturated rings. The van der Waals surface area contributed by atoms with Crippen molar-refractivity contribution in [3.8, 4) is 0 Å². The number of nitrogens with zero attached hydrogens (tertiary/aromatic N) is 1. The topological polar surface area (TPSA) is 70.6 Å². The van der Waals surface area contributed by atoms with E-state index in [4.69, 9.17) is 0 Å². The highest BCUT2D eigenvalue weighted by Crippen LogP contribution is 2.19. The summed E-state index contributed by atoms with van der Waals surface area (Å²) in [6.45, 7) is 10.3. The monoisotopic (exact) mass is 489 g/mol. The summed E-state index contributed by atoms with van der Waals surface area (Å²) in [4.78, 5) is 4.29. The fraction of sp³-hybridized carbons (Fsp3) is 0.944. The highest BCUT2D eigenvalue weighted by molar-refractivity contribution is 14.0. The number of nitrogens with one attached hydrogen (secondary N) is 2. The van der Waals surface area contributed by atoms with E-state index >= 15 is 0 Å². The number of sulfone groups is 1. The normalized spacial score (nSPS) is 13.9. The fourth-order valence-corrected chi connectivity index (χ4v) is 3.51. The van der Waals surface area contributed by atoms with Crippen molar-refractivity contribution in [2.75, 3.05) is 32.1 Å². The zero-order valence-electron chi connectivity index (χ0n) is 17.0. The van der Waals surface area contributed by atoms with Crippen LogP contribution in [0.4, 0.5) is 0 Å². The second-order valence-corrected chi connectivity index (χ2v) is 9.91. The Labute approximate surface area is 173 Å². The maximum absolute atomic E-state index is 11.3. The van der Waals surface area contributed by atoms with Crippen LogP contribution in [0.1, 0.15) is 66.2 Å². The second-order valence-electron chi connectivity index (χ2n) is 7.65. The molecule has 0 amide bonds. The Morgan fingerprint density at radius 1 is 1.12 bits per heavy atom. The van der Waals surface area contributed by atoms with Gasteiger partial charge in [0.15, 0.2) is 5.96 Å². The smallest absolute Gasteiger partial charge is 0.191 e. The number of rotatable bonds is 12. The highest BCUT2D eigenvalue weighted by atomic mass is 127. The number of halogens is 1. The first-order valence-electron chi connectivity index (χ1n) is 9.25. The van der Waals surface area contributed by atoms with Gasteiger partial charge < -0.3 is 10.6 Å². The van der Waals surface area contributed by atoms with E-state index in [1.54, 1.807) is 7.05 Å². The molecule has 0 saturated heterocycles. The zero-order chi connectivity index (χ0) is 18.6. The molecule has 5 nitrogen and oxygen atoms in total. The molecule has 25 heavy (non-hydrogen) atoms. The van der Waals surface area contributed by atoms with Gasteiger partial charge in [0.05, 0.1) is 5.75 Å². The molecule has 152 valence electrons. The lowest BCUT2D eigenvalue weighted by Gasteiger charge is -2.26. The van der Waals surface area contributed by atoms with Gasteiger partial charge in [0.1, 0.15) is 9.84 Å². The summed E-state index contributed by atoms with van der Waals surface area (Å²) >= 11 is 0. The van der Waals surface area contributed by atoms with Crippen LogP contribution in [0.2, 0.25) is 0 Å². The van der Waals surface area contributed by atoms with E-state index in [2.05, 4.69) is 43.3 Å². The SMILES string of the molecule is CCCCC(CCC)CNC(=NC)NCC(C)(C)CCS(C)(=O)=O.I. The van der Waals surface area contributed by atoms with Crippen molar-refractivity contribution < 1.29 is 8.42 Å². The molecule has 0 aliphatic carbocycles. The molecule has 0 aliphatic heterocycles. The Morgan fingerprint density at radius 2 is 1.76 bits per heavy atom. The van der Waals surface area contributed by atoms with Gasteiger partial charge in [-0.3, -0.25) is 4.99 Å². The first kappa shape index (κ1) is 27.2. The lowest BCUT2D eigenvalue weighted by atomic mass is 9.90. The Morgan fingerprint density at radius 3 is 2.24 bits per heavy atom. The standard InChI is InChI=1S/C18H39N3O2S.HI/c1-7-9-11-16(10-8-2)14-20-17(19-5)21-15-18(3,4)12-13-24(6,22)23;/h16H,7-15H2,1-6H3,(H2,19,20,21);1H. The molecule has 0 saturated carbocycles. The van der Waals surface area contributed by atoms with Crippen LogP contribution in [0.25, 0.3) is 0 Å². The summed E-state index contributed by atoms with van der Waals surface area (Å²) in [6, 6.07) is 0. The molecule has 0 aliphatic rings. The minimum atomic E-state index is -2.91. The maximum atomic E-state index is 11.3. The van der Waals surface area contributed by atoms with Crippen LogP contribution in [-0.2, 0) is 9.84 Å². The number of guanidine groups is 1. The summed E-state index contributed by atoms with van der Waals surface area (Å²) in [7, 11) is -1.13. The number of hydrogen-bond acceptors (Lipinski definition) is 3. The van der Waals surface area contributed by atoms with Crippen LogP contribution in [-0.4, -0.2) is 46.5 Å². The molecule has 1 unspecified atom stereocenters. The van der Waals surface area contributed by atoms with E-state index in [1.165, 1.54) is 38.4 Å². The van der Waals surface area contributed by atoms with E-state index in [9.17, 15) is 8.42 Å². The Hall–Kier alpha value is -0.0500. The predicted octanol–water partition coefficient (Wildman–Crippen LogP) is 3.84. The fourth-order valence-electron chi connectivity index (χ4n) is 2.58. The molecule has 0 spiro atoms. The van der Waals surface area contributed by atoms with Gasteiger partial charge in [0.25, 0.3) is 0 Å². The molecule has 0 aromatic heterocycles. The minimum absolute atomic E-state index is 0. The first-order chi connectivity index (χ1) is 11.1. The van der Waals surface area contributed by atoms with Gasteiger partial charge in [-0.2, -0.15) is 0 Å². The molecular formula is C18H40IN3O2S. The summed E-state index contributed by atoms with van der Waals surface area (Å²) in [6.07, 6.45) is 8.16. The average molecular weight is 490 g/mol. The molecule has 1 atom stereocenters. The molecule has 7 heteroatoms. The molecule has 0 aromatic carbocycles. The molecule has 0 aromatic rings. The molecule has 0 rings (SSSR count).